The number of hydrogen-bond donors (Lipinski definition) is 0. The summed E-state index contributed by atoms with van der Waals surface area (Å²) in [7, 11) is 1.68. The minimum atomic E-state index is 0.298. The molecule has 1 aliphatic rings. The summed E-state index contributed by atoms with van der Waals surface area (Å²) in [4.78, 5) is 7.00. The molecule has 7 heteroatoms. The Hall–Kier alpha value is -2.51. The van der Waals surface area contributed by atoms with Gasteiger partial charge in [0.05, 0.1) is 24.4 Å². The van der Waals surface area contributed by atoms with E-state index in [-0.39, 0.29) is 0 Å². The quantitative estimate of drug-likeness (QED) is 0.640. The fourth-order valence-corrected chi connectivity index (χ4v) is 3.55. The number of benzene rings is 1. The Morgan fingerprint density at radius 1 is 1.26 bits per heavy atom. The molecule has 4 rings (SSSR count). The van der Waals surface area contributed by atoms with Gasteiger partial charge in [0, 0.05) is 38.4 Å². The van der Waals surface area contributed by atoms with Crippen LogP contribution in [-0.2, 0) is 17.7 Å². The Morgan fingerprint density at radius 3 is 3.00 bits per heavy atom. The minimum Gasteiger partial charge on any atom is -0.384 e. The number of aromatic nitrogens is 4. The van der Waals surface area contributed by atoms with Gasteiger partial charge in [-0.3, -0.25) is 4.90 Å². The zero-order chi connectivity index (χ0) is 18.5. The van der Waals surface area contributed by atoms with Gasteiger partial charge < -0.3 is 9.26 Å². The summed E-state index contributed by atoms with van der Waals surface area (Å²) in [6, 6.07) is 10.2. The van der Waals surface area contributed by atoms with Crippen LogP contribution < -0.4 is 0 Å². The topological polar surface area (TPSA) is 69.2 Å². The molecular weight excluding hydrogens is 342 g/mol. The molecule has 3 aromatic rings. The molecule has 142 valence electrons. The van der Waals surface area contributed by atoms with Crippen molar-refractivity contribution < 1.29 is 9.26 Å². The molecule has 0 spiro atoms. The molecule has 1 aromatic carbocycles. The molecule has 7 nitrogen and oxygen atoms in total. The fraction of sp³-hybridized carbons (Fsp3) is 0.450. The Labute approximate surface area is 158 Å². The normalized spacial score (nSPS) is 18.0. The van der Waals surface area contributed by atoms with Crippen molar-refractivity contribution >= 4 is 0 Å². The Morgan fingerprint density at radius 2 is 2.15 bits per heavy atom. The van der Waals surface area contributed by atoms with E-state index >= 15 is 0 Å². The standard InChI is InChI=1S/C20H25N5O2/c1-26-11-9-19-22-20(27-23-19)17-6-5-10-24(15-17)13-16-12-21-25(14-16)18-7-3-2-4-8-18/h2-4,7-8,12,14,17H,5-6,9-11,13,15H2,1H3. The molecule has 1 aliphatic heterocycles. The van der Waals surface area contributed by atoms with E-state index in [0.29, 0.717) is 18.9 Å². The van der Waals surface area contributed by atoms with Crippen LogP contribution in [0.1, 0.15) is 36.0 Å². The first-order chi connectivity index (χ1) is 13.3. The van der Waals surface area contributed by atoms with Crippen LogP contribution in [0.15, 0.2) is 47.2 Å². The zero-order valence-electron chi connectivity index (χ0n) is 15.6. The van der Waals surface area contributed by atoms with E-state index < -0.39 is 0 Å². The van der Waals surface area contributed by atoms with Gasteiger partial charge in [-0.25, -0.2) is 4.68 Å². The van der Waals surface area contributed by atoms with Gasteiger partial charge in [0.2, 0.25) is 5.89 Å². The lowest BCUT2D eigenvalue weighted by molar-refractivity contribution is 0.180. The largest absolute Gasteiger partial charge is 0.384 e. The molecule has 0 aliphatic carbocycles. The van der Waals surface area contributed by atoms with Crippen LogP contribution in [0, 0.1) is 0 Å². The first-order valence-electron chi connectivity index (χ1n) is 9.44. The van der Waals surface area contributed by atoms with Crippen molar-refractivity contribution in [2.24, 2.45) is 0 Å². The number of para-hydroxylation sites is 1. The number of hydrogen-bond acceptors (Lipinski definition) is 6. The molecule has 1 fully saturated rings. The van der Waals surface area contributed by atoms with Crippen molar-refractivity contribution in [3.05, 3.63) is 60.0 Å². The lowest BCUT2D eigenvalue weighted by Crippen LogP contribution is -2.33. The fourth-order valence-electron chi connectivity index (χ4n) is 3.55. The van der Waals surface area contributed by atoms with Gasteiger partial charge in [-0.2, -0.15) is 10.1 Å². The molecule has 0 amide bonds. The Bertz CT molecular complexity index is 845. The van der Waals surface area contributed by atoms with Crippen LogP contribution >= 0.6 is 0 Å². The second-order valence-electron chi connectivity index (χ2n) is 6.99. The highest BCUT2D eigenvalue weighted by Gasteiger charge is 2.26. The highest BCUT2D eigenvalue weighted by molar-refractivity contribution is 5.30. The number of methoxy groups -OCH3 is 1. The van der Waals surface area contributed by atoms with E-state index in [9.17, 15) is 0 Å². The van der Waals surface area contributed by atoms with Crippen molar-refractivity contribution in [3.8, 4) is 5.69 Å². The van der Waals surface area contributed by atoms with Crippen molar-refractivity contribution in [2.45, 2.75) is 31.7 Å². The van der Waals surface area contributed by atoms with E-state index in [2.05, 4.69) is 38.5 Å². The third kappa shape index (κ3) is 4.43. The van der Waals surface area contributed by atoms with E-state index in [0.717, 1.165) is 49.9 Å². The van der Waals surface area contributed by atoms with Crippen LogP contribution in [0.2, 0.25) is 0 Å². The molecule has 0 radical (unpaired) electrons. The maximum Gasteiger partial charge on any atom is 0.231 e. The van der Waals surface area contributed by atoms with Crippen LogP contribution in [0.5, 0.6) is 0 Å². The van der Waals surface area contributed by atoms with Gasteiger partial charge >= 0.3 is 0 Å². The predicted octanol–water partition coefficient (Wildman–Crippen LogP) is 2.82. The van der Waals surface area contributed by atoms with Gasteiger partial charge in [-0.1, -0.05) is 23.4 Å². The van der Waals surface area contributed by atoms with Crippen molar-refractivity contribution in [1.82, 2.24) is 24.8 Å². The van der Waals surface area contributed by atoms with Crippen LogP contribution in [0.25, 0.3) is 5.69 Å². The van der Waals surface area contributed by atoms with E-state index in [1.165, 1.54) is 5.56 Å². The van der Waals surface area contributed by atoms with Gasteiger partial charge in [-0.15, -0.1) is 0 Å². The minimum absolute atomic E-state index is 0.298. The molecule has 1 unspecified atom stereocenters. The van der Waals surface area contributed by atoms with Crippen molar-refractivity contribution in [1.29, 1.82) is 0 Å². The molecule has 27 heavy (non-hydrogen) atoms. The number of likely N-dealkylation sites (tertiary alicyclic amines) is 1. The maximum absolute atomic E-state index is 5.50. The highest BCUT2D eigenvalue weighted by atomic mass is 16.5. The van der Waals surface area contributed by atoms with Gasteiger partial charge in [0.1, 0.15) is 0 Å². The molecule has 0 bridgehead atoms. The van der Waals surface area contributed by atoms with Crippen LogP contribution in [-0.4, -0.2) is 51.6 Å². The molecule has 3 heterocycles. The third-order valence-corrected chi connectivity index (χ3v) is 4.93. The average molecular weight is 367 g/mol. The Balaban J connectivity index is 1.37. The summed E-state index contributed by atoms with van der Waals surface area (Å²) in [5.74, 6) is 1.78. The number of ether oxygens (including phenoxy) is 1. The maximum atomic E-state index is 5.50. The number of nitrogens with zero attached hydrogens (tertiary/aromatic N) is 5. The second-order valence-corrected chi connectivity index (χ2v) is 6.99. The molecular formula is C20H25N5O2. The van der Waals surface area contributed by atoms with Gasteiger partial charge in [-0.05, 0) is 31.5 Å². The van der Waals surface area contributed by atoms with Gasteiger partial charge in [0.15, 0.2) is 5.82 Å². The first kappa shape index (κ1) is 17.9. The second kappa shape index (κ2) is 8.45. The first-order valence-corrected chi connectivity index (χ1v) is 9.44. The van der Waals surface area contributed by atoms with E-state index in [4.69, 9.17) is 9.26 Å². The summed E-state index contributed by atoms with van der Waals surface area (Å²) < 4.78 is 12.5. The summed E-state index contributed by atoms with van der Waals surface area (Å²) in [5.41, 5.74) is 2.29. The molecule has 1 saturated heterocycles. The number of piperidine rings is 1. The van der Waals surface area contributed by atoms with E-state index in [1.54, 1.807) is 7.11 Å². The lowest BCUT2D eigenvalue weighted by atomic mass is 9.97. The highest BCUT2D eigenvalue weighted by Crippen LogP contribution is 2.26. The Kier molecular flexibility index (Phi) is 5.60. The summed E-state index contributed by atoms with van der Waals surface area (Å²) in [5, 5.41) is 8.58. The van der Waals surface area contributed by atoms with Gasteiger partial charge in [0.25, 0.3) is 0 Å². The molecule has 0 N–H and O–H groups in total. The smallest absolute Gasteiger partial charge is 0.231 e. The summed E-state index contributed by atoms with van der Waals surface area (Å²) >= 11 is 0. The third-order valence-electron chi connectivity index (χ3n) is 4.93. The number of rotatable bonds is 7. The average Bonchev–Trinajstić information content (AvgIpc) is 3.37. The lowest BCUT2D eigenvalue weighted by Gasteiger charge is -2.30. The summed E-state index contributed by atoms with van der Waals surface area (Å²) in [6.45, 7) is 3.51. The predicted molar refractivity (Wildman–Crippen MR) is 101 cm³/mol. The SMILES string of the molecule is COCCc1noc(C2CCCN(Cc3cnn(-c4ccccc4)c3)C2)n1. The van der Waals surface area contributed by atoms with Crippen LogP contribution in [0.3, 0.4) is 0 Å². The zero-order valence-corrected chi connectivity index (χ0v) is 15.6. The monoisotopic (exact) mass is 367 g/mol. The molecule has 0 saturated carbocycles. The molecule has 2 aromatic heterocycles. The van der Waals surface area contributed by atoms with Crippen molar-refractivity contribution in [2.75, 3.05) is 26.8 Å². The molecule has 1 atom stereocenters. The van der Waals surface area contributed by atoms with E-state index in [1.807, 2.05) is 29.1 Å². The van der Waals surface area contributed by atoms with Crippen LogP contribution in [0.4, 0.5) is 0 Å². The van der Waals surface area contributed by atoms with Crippen molar-refractivity contribution in [3.63, 3.8) is 0 Å². The summed E-state index contributed by atoms with van der Waals surface area (Å²) in [6.07, 6.45) is 6.97.